The van der Waals surface area contributed by atoms with E-state index in [1.54, 1.807) is 30.1 Å². The normalized spacial score (nSPS) is 10.0. The van der Waals surface area contributed by atoms with Gasteiger partial charge in [-0.15, -0.1) is 0 Å². The topological polar surface area (TPSA) is 51.1 Å². The number of hydrogen-bond acceptors (Lipinski definition) is 2. The summed E-state index contributed by atoms with van der Waals surface area (Å²) in [6.45, 7) is 2.23. The minimum Gasteiger partial charge on any atom is -0.358 e. The van der Waals surface area contributed by atoms with Crippen LogP contribution in [0.5, 0.6) is 0 Å². The lowest BCUT2D eigenvalue weighted by molar-refractivity contribution is -0.121. The molecular formula is C11H16N2O2. The molecular weight excluding hydrogens is 192 g/mol. The molecule has 1 aromatic heterocycles. The highest BCUT2D eigenvalue weighted by molar-refractivity contribution is 5.95. The van der Waals surface area contributed by atoms with Gasteiger partial charge in [0.2, 0.25) is 5.91 Å². The molecule has 0 aliphatic heterocycles. The molecule has 0 bridgehead atoms. The van der Waals surface area contributed by atoms with Crippen molar-refractivity contribution in [1.29, 1.82) is 0 Å². The van der Waals surface area contributed by atoms with Gasteiger partial charge in [-0.05, 0) is 12.5 Å². The summed E-state index contributed by atoms with van der Waals surface area (Å²) in [6, 6.07) is 1.75. The molecule has 1 N–H and O–H groups in total. The Morgan fingerprint density at radius 3 is 2.80 bits per heavy atom. The number of nitrogens with one attached hydrogen (secondary N) is 1. The van der Waals surface area contributed by atoms with Crippen LogP contribution in [0.15, 0.2) is 18.5 Å². The maximum Gasteiger partial charge on any atom is 0.239 e. The van der Waals surface area contributed by atoms with Crippen LogP contribution in [-0.4, -0.2) is 23.3 Å². The second kappa shape index (κ2) is 5.34. The maximum absolute atomic E-state index is 11.5. The summed E-state index contributed by atoms with van der Waals surface area (Å²) >= 11 is 0. The number of ketones is 1. The Morgan fingerprint density at radius 2 is 2.20 bits per heavy atom. The van der Waals surface area contributed by atoms with Crippen LogP contribution in [0.3, 0.4) is 0 Å². The lowest BCUT2D eigenvalue weighted by Gasteiger charge is -2.00. The third-order valence-electron chi connectivity index (χ3n) is 2.15. The molecule has 0 atom stereocenters. The number of likely N-dealkylation sites (N-methyl/N-ethyl adjacent to an activating group) is 1. The van der Waals surface area contributed by atoms with Gasteiger partial charge in [-0.1, -0.05) is 6.92 Å². The molecule has 0 aliphatic carbocycles. The first-order chi connectivity index (χ1) is 7.17. The fourth-order valence-corrected chi connectivity index (χ4v) is 1.32. The van der Waals surface area contributed by atoms with Gasteiger partial charge in [0, 0.05) is 31.4 Å². The number of carbonyl (C=O) groups is 2. The third-order valence-corrected chi connectivity index (χ3v) is 2.15. The van der Waals surface area contributed by atoms with Crippen molar-refractivity contribution in [1.82, 2.24) is 9.88 Å². The fraction of sp³-hybridized carbons (Fsp3) is 0.455. The first-order valence-electron chi connectivity index (χ1n) is 5.07. The van der Waals surface area contributed by atoms with Gasteiger partial charge in [0.05, 0.1) is 0 Å². The summed E-state index contributed by atoms with van der Waals surface area (Å²) in [5.74, 6) is 0.0632. The van der Waals surface area contributed by atoms with E-state index in [0.717, 1.165) is 6.42 Å². The van der Waals surface area contributed by atoms with Gasteiger partial charge in [0.25, 0.3) is 0 Å². The second-order valence-electron chi connectivity index (χ2n) is 3.42. The lowest BCUT2D eigenvalue weighted by Crippen LogP contribution is -2.22. The summed E-state index contributed by atoms with van der Waals surface area (Å²) in [7, 11) is 1.59. The number of amides is 1. The summed E-state index contributed by atoms with van der Waals surface area (Å²) in [4.78, 5) is 22.6. The van der Waals surface area contributed by atoms with Crippen LogP contribution in [0.2, 0.25) is 0 Å². The Balaban J connectivity index is 2.63. The van der Waals surface area contributed by atoms with Gasteiger partial charge >= 0.3 is 0 Å². The molecule has 1 rings (SSSR count). The summed E-state index contributed by atoms with van der Waals surface area (Å²) in [5, 5.41) is 2.53. The molecule has 4 heteroatoms. The number of rotatable bonds is 5. The van der Waals surface area contributed by atoms with E-state index in [2.05, 4.69) is 5.32 Å². The largest absolute Gasteiger partial charge is 0.358 e. The molecule has 1 aromatic rings. The standard InChI is InChI=1S/C11H16N2O2/c1-3-4-10(14)9-5-6-13(7-9)8-11(15)12-2/h5-7H,3-4,8H2,1-2H3,(H,12,15). The summed E-state index contributed by atoms with van der Waals surface area (Å²) in [6.07, 6.45) is 4.87. The first kappa shape index (κ1) is 11.5. The zero-order valence-electron chi connectivity index (χ0n) is 9.12. The fourth-order valence-electron chi connectivity index (χ4n) is 1.32. The molecule has 1 heterocycles. The van der Waals surface area contributed by atoms with Crippen molar-refractivity contribution in [3.63, 3.8) is 0 Å². The number of hydrogen-bond donors (Lipinski definition) is 1. The van der Waals surface area contributed by atoms with E-state index in [4.69, 9.17) is 0 Å². The van der Waals surface area contributed by atoms with Crippen molar-refractivity contribution in [2.45, 2.75) is 26.3 Å². The van der Waals surface area contributed by atoms with Crippen molar-refractivity contribution < 1.29 is 9.59 Å². The van der Waals surface area contributed by atoms with Crippen LogP contribution in [-0.2, 0) is 11.3 Å². The van der Waals surface area contributed by atoms with E-state index in [1.165, 1.54) is 0 Å². The highest BCUT2D eigenvalue weighted by Crippen LogP contribution is 2.06. The Morgan fingerprint density at radius 1 is 1.47 bits per heavy atom. The third kappa shape index (κ3) is 3.23. The summed E-state index contributed by atoms with van der Waals surface area (Å²) < 4.78 is 1.71. The van der Waals surface area contributed by atoms with Crippen molar-refractivity contribution in [2.24, 2.45) is 0 Å². The minimum absolute atomic E-state index is 0.0694. The Hall–Kier alpha value is -1.58. The van der Waals surface area contributed by atoms with Gasteiger partial charge in [-0.25, -0.2) is 0 Å². The van der Waals surface area contributed by atoms with Crippen LogP contribution < -0.4 is 5.32 Å². The zero-order valence-corrected chi connectivity index (χ0v) is 9.12. The Labute approximate surface area is 89.3 Å². The Bertz CT molecular complexity index is 355. The molecule has 0 aromatic carbocycles. The first-order valence-corrected chi connectivity index (χ1v) is 5.07. The molecule has 0 fully saturated rings. The number of aromatic nitrogens is 1. The van der Waals surface area contributed by atoms with E-state index < -0.39 is 0 Å². The molecule has 0 saturated carbocycles. The zero-order chi connectivity index (χ0) is 11.3. The molecule has 15 heavy (non-hydrogen) atoms. The molecule has 82 valence electrons. The predicted molar refractivity (Wildman–Crippen MR) is 57.7 cm³/mol. The van der Waals surface area contributed by atoms with Crippen molar-refractivity contribution >= 4 is 11.7 Å². The highest BCUT2D eigenvalue weighted by Gasteiger charge is 2.07. The van der Waals surface area contributed by atoms with Crippen LogP contribution in [0.1, 0.15) is 30.1 Å². The average Bonchev–Trinajstić information content (AvgIpc) is 2.66. The van der Waals surface area contributed by atoms with Gasteiger partial charge in [-0.3, -0.25) is 9.59 Å². The smallest absolute Gasteiger partial charge is 0.239 e. The monoisotopic (exact) mass is 208 g/mol. The van der Waals surface area contributed by atoms with E-state index >= 15 is 0 Å². The van der Waals surface area contributed by atoms with Crippen LogP contribution in [0.25, 0.3) is 0 Å². The number of carbonyl (C=O) groups excluding carboxylic acids is 2. The molecule has 0 saturated heterocycles. The van der Waals surface area contributed by atoms with Crippen LogP contribution >= 0.6 is 0 Å². The van der Waals surface area contributed by atoms with Gasteiger partial charge in [-0.2, -0.15) is 0 Å². The molecule has 4 nitrogen and oxygen atoms in total. The molecule has 0 spiro atoms. The average molecular weight is 208 g/mol. The molecule has 0 radical (unpaired) electrons. The number of Topliss-reactive ketones (excluding diaryl/α,β-unsaturated/α-hetero) is 1. The SMILES string of the molecule is CCCC(=O)c1ccn(CC(=O)NC)c1. The lowest BCUT2D eigenvalue weighted by atomic mass is 10.1. The van der Waals surface area contributed by atoms with E-state index in [9.17, 15) is 9.59 Å². The predicted octanol–water partition coefficient (Wildman–Crippen LogP) is 1.22. The quantitative estimate of drug-likeness (QED) is 0.739. The van der Waals surface area contributed by atoms with Crippen molar-refractivity contribution in [3.8, 4) is 0 Å². The van der Waals surface area contributed by atoms with E-state index in [0.29, 0.717) is 12.0 Å². The maximum atomic E-state index is 11.5. The molecule has 1 amide bonds. The number of nitrogens with zero attached hydrogens (tertiary/aromatic N) is 1. The minimum atomic E-state index is -0.0694. The van der Waals surface area contributed by atoms with Crippen LogP contribution in [0.4, 0.5) is 0 Å². The molecule has 0 unspecified atom stereocenters. The van der Waals surface area contributed by atoms with Crippen molar-refractivity contribution in [2.75, 3.05) is 7.05 Å². The highest BCUT2D eigenvalue weighted by atomic mass is 16.1. The second-order valence-corrected chi connectivity index (χ2v) is 3.42. The van der Waals surface area contributed by atoms with Gasteiger partial charge in [0.1, 0.15) is 6.54 Å². The molecule has 0 aliphatic rings. The summed E-state index contributed by atoms with van der Waals surface area (Å²) in [5.41, 5.74) is 0.681. The van der Waals surface area contributed by atoms with E-state index in [-0.39, 0.29) is 18.2 Å². The van der Waals surface area contributed by atoms with Crippen LogP contribution in [0, 0.1) is 0 Å². The Kier molecular flexibility index (Phi) is 4.09. The van der Waals surface area contributed by atoms with Gasteiger partial charge < -0.3 is 9.88 Å². The van der Waals surface area contributed by atoms with E-state index in [1.807, 2.05) is 6.92 Å². The van der Waals surface area contributed by atoms with Gasteiger partial charge in [0.15, 0.2) is 5.78 Å². The van der Waals surface area contributed by atoms with Crippen molar-refractivity contribution in [3.05, 3.63) is 24.0 Å².